The average molecular weight is 678 g/mol. The maximum Gasteiger partial charge on any atom is 0.338 e. The van der Waals surface area contributed by atoms with Gasteiger partial charge in [-0.3, -0.25) is 9.36 Å². The molecule has 0 radical (unpaired) electrons. The minimum atomic E-state index is -0.773. The number of fused-ring (bicyclic) bond motifs is 1. The molecule has 0 saturated heterocycles. The third-order valence-corrected chi connectivity index (χ3v) is 7.97. The second-order valence-corrected chi connectivity index (χ2v) is 12.0. The predicted octanol–water partition coefficient (Wildman–Crippen LogP) is 5.90. The van der Waals surface area contributed by atoms with Gasteiger partial charge in [-0.15, -0.1) is 0 Å². The molecular weight excluding hydrogens is 648 g/mol. The first kappa shape index (κ1) is 29.3. The van der Waals surface area contributed by atoms with E-state index in [1.54, 1.807) is 18.6 Å². The topological polar surface area (TPSA) is 79.1 Å². The molecule has 10 heteroatoms. The van der Waals surface area contributed by atoms with Crippen molar-refractivity contribution in [1.29, 1.82) is 0 Å². The minimum Gasteiger partial charge on any atom is -0.496 e. The number of carbonyl (C=O) groups excluding carboxylic acids is 1. The number of rotatable bonds is 9. The minimum absolute atomic E-state index is 0.0349. The fourth-order valence-corrected chi connectivity index (χ4v) is 6.24. The highest BCUT2D eigenvalue weighted by Gasteiger charge is 2.36. The van der Waals surface area contributed by atoms with Gasteiger partial charge in [-0.05, 0) is 69.7 Å². The molecule has 3 aromatic rings. The van der Waals surface area contributed by atoms with Gasteiger partial charge in [0.25, 0.3) is 5.56 Å². The van der Waals surface area contributed by atoms with Crippen molar-refractivity contribution in [1.82, 2.24) is 4.57 Å². The van der Waals surface area contributed by atoms with Crippen LogP contribution in [0.25, 0.3) is 6.08 Å². The van der Waals surface area contributed by atoms with Crippen LogP contribution in [0.2, 0.25) is 0 Å². The number of carbonyl (C=O) groups is 1. The maximum atomic E-state index is 14.1. The van der Waals surface area contributed by atoms with Crippen LogP contribution >= 0.6 is 43.2 Å². The van der Waals surface area contributed by atoms with Gasteiger partial charge in [-0.1, -0.05) is 56.5 Å². The summed E-state index contributed by atoms with van der Waals surface area (Å²) in [5.74, 6) is 0.727. The molecule has 4 rings (SSSR count). The number of aromatic nitrogens is 1. The summed E-state index contributed by atoms with van der Waals surface area (Å²) in [4.78, 5) is 32.9. The van der Waals surface area contributed by atoms with Gasteiger partial charge in [0.05, 0.1) is 35.6 Å². The molecule has 39 heavy (non-hydrogen) atoms. The molecule has 0 spiro atoms. The van der Waals surface area contributed by atoms with Gasteiger partial charge in [-0.25, -0.2) is 9.79 Å². The van der Waals surface area contributed by atoms with Crippen molar-refractivity contribution >= 4 is 55.2 Å². The van der Waals surface area contributed by atoms with Crippen molar-refractivity contribution in [3.05, 3.63) is 87.4 Å². The molecule has 0 N–H and O–H groups in total. The number of hydrogen-bond donors (Lipinski definition) is 0. The Morgan fingerprint density at radius 1 is 1.13 bits per heavy atom. The molecule has 0 aliphatic carbocycles. The Labute approximate surface area is 248 Å². The zero-order valence-corrected chi connectivity index (χ0v) is 26.4. The van der Waals surface area contributed by atoms with Crippen LogP contribution < -0.4 is 24.4 Å². The summed E-state index contributed by atoms with van der Waals surface area (Å²) in [6.07, 6.45) is 3.11. The molecule has 0 amide bonds. The van der Waals surface area contributed by atoms with Crippen molar-refractivity contribution in [3.63, 3.8) is 0 Å². The largest absolute Gasteiger partial charge is 0.496 e. The van der Waals surface area contributed by atoms with E-state index in [1.807, 2.05) is 63.2 Å². The van der Waals surface area contributed by atoms with Crippen LogP contribution in [-0.4, -0.2) is 30.4 Å². The third kappa shape index (κ3) is 6.23. The Bertz CT molecular complexity index is 1610. The molecule has 1 aliphatic heterocycles. The van der Waals surface area contributed by atoms with E-state index < -0.39 is 12.0 Å². The number of thiazole rings is 1. The molecule has 206 valence electrons. The molecule has 0 bridgehead atoms. The average Bonchev–Trinajstić information content (AvgIpc) is 3.19. The highest BCUT2D eigenvalue weighted by atomic mass is 79.9. The molecule has 0 unspecified atom stereocenters. The normalized spacial score (nSPS) is 15.3. The molecule has 1 atom stereocenters. The van der Waals surface area contributed by atoms with Gasteiger partial charge < -0.3 is 14.2 Å². The van der Waals surface area contributed by atoms with Crippen molar-refractivity contribution in [2.45, 2.75) is 52.7 Å². The molecule has 2 aromatic carbocycles. The number of halogens is 2. The van der Waals surface area contributed by atoms with E-state index >= 15 is 0 Å². The molecule has 1 aliphatic rings. The number of esters is 1. The quantitative estimate of drug-likeness (QED) is 0.264. The number of ether oxygens (including phenoxy) is 3. The van der Waals surface area contributed by atoms with Gasteiger partial charge in [0.2, 0.25) is 0 Å². The predicted molar refractivity (Wildman–Crippen MR) is 160 cm³/mol. The molecule has 0 fully saturated rings. The first-order chi connectivity index (χ1) is 18.7. The lowest BCUT2D eigenvalue weighted by molar-refractivity contribution is -0.139. The Balaban J connectivity index is 2.05. The zero-order chi connectivity index (χ0) is 28.3. The van der Waals surface area contributed by atoms with Crippen LogP contribution in [0, 0.1) is 0 Å². The van der Waals surface area contributed by atoms with E-state index in [4.69, 9.17) is 19.2 Å². The van der Waals surface area contributed by atoms with Gasteiger partial charge in [0.15, 0.2) is 4.80 Å². The second kappa shape index (κ2) is 12.7. The lowest BCUT2D eigenvalue weighted by Crippen LogP contribution is -2.40. The Kier molecular flexibility index (Phi) is 9.51. The van der Waals surface area contributed by atoms with Crippen LogP contribution in [0.5, 0.6) is 11.5 Å². The number of nitrogens with zero attached hydrogens (tertiary/aromatic N) is 2. The standard InChI is InChI=1S/C29H30Br2N2O5S/c1-6-8-21-25(28(35)37-7-2)26(20-15-19(31)10-12-23(20)36-5)33-27(34)24(39-29(33)32-21)14-17-13-18(30)9-11-22(17)38-16(3)4/h9-16,26H,6-8H2,1-5H3/b24-14-/t26-/m0/s1. The molecule has 7 nitrogen and oxygen atoms in total. The van der Waals surface area contributed by atoms with Crippen LogP contribution in [0.1, 0.15) is 57.7 Å². The van der Waals surface area contributed by atoms with E-state index in [2.05, 4.69) is 31.9 Å². The van der Waals surface area contributed by atoms with Gasteiger partial charge in [0, 0.05) is 20.1 Å². The number of methoxy groups -OCH3 is 1. The Morgan fingerprint density at radius 2 is 1.82 bits per heavy atom. The lowest BCUT2D eigenvalue weighted by Gasteiger charge is -2.27. The number of benzene rings is 2. The first-order valence-electron chi connectivity index (χ1n) is 12.7. The molecule has 2 heterocycles. The summed E-state index contributed by atoms with van der Waals surface area (Å²) < 4.78 is 20.9. The van der Waals surface area contributed by atoms with Crippen LogP contribution in [-0.2, 0) is 9.53 Å². The zero-order valence-electron chi connectivity index (χ0n) is 22.4. The molecule has 0 saturated carbocycles. The summed E-state index contributed by atoms with van der Waals surface area (Å²) in [5, 5.41) is 0. The highest BCUT2D eigenvalue weighted by molar-refractivity contribution is 9.10. The van der Waals surface area contributed by atoms with E-state index in [0.717, 1.165) is 20.9 Å². The summed E-state index contributed by atoms with van der Waals surface area (Å²) in [6.45, 7) is 7.90. The summed E-state index contributed by atoms with van der Waals surface area (Å²) in [6, 6.07) is 10.5. The van der Waals surface area contributed by atoms with Crippen molar-refractivity contribution in [2.24, 2.45) is 4.99 Å². The summed E-state index contributed by atoms with van der Waals surface area (Å²) in [7, 11) is 1.57. The fourth-order valence-electron chi connectivity index (χ4n) is 4.47. The Hall–Kier alpha value is -2.69. The van der Waals surface area contributed by atoms with E-state index in [9.17, 15) is 9.59 Å². The van der Waals surface area contributed by atoms with E-state index in [-0.39, 0.29) is 18.3 Å². The smallest absolute Gasteiger partial charge is 0.338 e. The Morgan fingerprint density at radius 3 is 2.46 bits per heavy atom. The number of hydrogen-bond acceptors (Lipinski definition) is 7. The molecular formula is C29H30Br2N2O5S. The van der Waals surface area contributed by atoms with Gasteiger partial charge >= 0.3 is 5.97 Å². The lowest BCUT2D eigenvalue weighted by atomic mass is 9.93. The second-order valence-electron chi connectivity index (χ2n) is 9.15. The molecule has 1 aromatic heterocycles. The van der Waals surface area contributed by atoms with E-state index in [0.29, 0.717) is 44.1 Å². The van der Waals surface area contributed by atoms with Crippen LogP contribution in [0.4, 0.5) is 0 Å². The van der Waals surface area contributed by atoms with Crippen LogP contribution in [0.15, 0.2) is 66.4 Å². The van der Waals surface area contributed by atoms with E-state index in [1.165, 1.54) is 11.3 Å². The first-order valence-corrected chi connectivity index (χ1v) is 15.1. The monoisotopic (exact) mass is 676 g/mol. The third-order valence-electron chi connectivity index (χ3n) is 6.00. The van der Waals surface area contributed by atoms with Crippen molar-refractivity contribution in [2.75, 3.05) is 13.7 Å². The number of allylic oxidation sites excluding steroid dienone is 1. The highest BCUT2D eigenvalue weighted by Crippen LogP contribution is 2.38. The SMILES string of the molecule is CCCC1=C(C(=O)OCC)[C@H](c2cc(Br)ccc2OC)n2c(s/c(=C\c3cc(Br)ccc3OC(C)C)c2=O)=N1. The van der Waals surface area contributed by atoms with Gasteiger partial charge in [-0.2, -0.15) is 0 Å². The fraction of sp³-hybridized carbons (Fsp3) is 0.345. The maximum absolute atomic E-state index is 14.1. The summed E-state index contributed by atoms with van der Waals surface area (Å²) in [5.41, 5.74) is 2.12. The summed E-state index contributed by atoms with van der Waals surface area (Å²) >= 11 is 8.36. The van der Waals surface area contributed by atoms with Crippen molar-refractivity contribution in [3.8, 4) is 11.5 Å². The van der Waals surface area contributed by atoms with Gasteiger partial charge in [0.1, 0.15) is 17.5 Å². The van der Waals surface area contributed by atoms with Crippen LogP contribution in [0.3, 0.4) is 0 Å². The van der Waals surface area contributed by atoms with Crippen molar-refractivity contribution < 1.29 is 19.0 Å².